The van der Waals surface area contributed by atoms with Crippen LogP contribution < -0.4 is 0 Å². The Hall–Kier alpha value is -0.940. The molecule has 0 spiro atoms. The van der Waals surface area contributed by atoms with Gasteiger partial charge >= 0.3 is 0 Å². The van der Waals surface area contributed by atoms with E-state index in [0.29, 0.717) is 0 Å². The molecule has 0 fully saturated rings. The summed E-state index contributed by atoms with van der Waals surface area (Å²) in [4.78, 5) is 18.8. The van der Waals surface area contributed by atoms with Crippen molar-refractivity contribution in [3.05, 3.63) is 103 Å². The molecule has 0 saturated carbocycles. The minimum atomic E-state index is 1.33. The van der Waals surface area contributed by atoms with E-state index in [1.807, 2.05) is 90.7 Å². The molecule has 0 bridgehead atoms. The third kappa shape index (κ3) is 5.77. The van der Waals surface area contributed by atoms with Crippen molar-refractivity contribution in [2.75, 3.05) is 0 Å². The fourth-order valence-electron chi connectivity index (χ4n) is 4.51. The maximum absolute atomic E-state index is 2.40. The Balaban J connectivity index is 0.990. The molecule has 0 N–H and O–H groups in total. The minimum absolute atomic E-state index is 1.33. The van der Waals surface area contributed by atoms with Crippen molar-refractivity contribution in [1.29, 1.82) is 0 Å². The molecule has 0 aliphatic carbocycles. The first-order chi connectivity index (χ1) is 20.6. The zero-order valence-corrected chi connectivity index (χ0v) is 32.1. The monoisotopic (exact) mass is 910 g/mol. The largest absolute Gasteiger partial charge is 0.134 e. The average molecular weight is 911 g/mol. The van der Waals surface area contributed by atoms with E-state index in [1.54, 1.807) is 0 Å². The van der Waals surface area contributed by atoms with Crippen LogP contribution in [-0.2, 0) is 0 Å². The molecule has 10 heteroatoms. The summed E-state index contributed by atoms with van der Waals surface area (Å²) >= 11 is 19.9. The molecule has 0 aliphatic rings. The lowest BCUT2D eigenvalue weighted by Gasteiger charge is -1.93. The maximum atomic E-state index is 2.40. The van der Waals surface area contributed by atoms with E-state index in [2.05, 4.69) is 142 Å². The molecule has 8 rings (SSSR count). The average Bonchev–Trinajstić information content (AvgIpc) is 3.81. The summed E-state index contributed by atoms with van der Waals surface area (Å²) in [6.45, 7) is 0. The van der Waals surface area contributed by atoms with Gasteiger partial charge in [-0.3, -0.25) is 0 Å². The summed E-state index contributed by atoms with van der Waals surface area (Å²) in [7, 11) is 0. The third-order valence-corrected chi connectivity index (χ3v) is 18.2. The molecule has 0 radical (unpaired) electrons. The van der Waals surface area contributed by atoms with Gasteiger partial charge in [-0.1, -0.05) is 0 Å². The van der Waals surface area contributed by atoms with Gasteiger partial charge < -0.3 is 0 Å². The predicted octanol–water partition coefficient (Wildman–Crippen LogP) is 15.1. The van der Waals surface area contributed by atoms with Gasteiger partial charge in [0.1, 0.15) is 0 Å². The summed E-state index contributed by atoms with van der Waals surface area (Å²) in [5.74, 6) is 0. The lowest BCUT2D eigenvalue weighted by Crippen LogP contribution is -1.59. The quantitative estimate of drug-likeness (QED) is 0.140. The van der Waals surface area contributed by atoms with Crippen LogP contribution in [0.2, 0.25) is 0 Å². The van der Waals surface area contributed by atoms with Crippen molar-refractivity contribution in [1.82, 2.24) is 0 Å². The molecule has 0 amide bonds. The zero-order valence-electron chi connectivity index (χ0n) is 21.3. The SMILES string of the molecule is Ic1ccc(-c2ccc(-c3ccc(-c4ccc(-c5ccc(-c6ccc(-c7ccc(-c8ccc(I)s8)s7)s6)s5)s4)s3)s2)s1. The van der Waals surface area contributed by atoms with Crippen molar-refractivity contribution in [3.63, 3.8) is 0 Å². The molecule has 206 valence electrons. The standard InChI is InChI=1S/C32H16I2S8/c33-31-15-13-29(41-31)27-11-9-25(39-27)23-7-5-21(37-23)19-3-1-17(35-19)18-2-4-20(36-18)22-6-8-24(38-22)26-10-12-28(40-26)30-14-16-32(34)42-30/h1-16H. The van der Waals surface area contributed by atoms with Gasteiger partial charge in [-0.15, -0.1) is 90.7 Å². The second-order valence-electron chi connectivity index (χ2n) is 9.19. The lowest BCUT2D eigenvalue weighted by atomic mass is 10.3. The minimum Gasteiger partial charge on any atom is -0.134 e. The Bertz CT molecular complexity index is 2000. The third-order valence-electron chi connectivity index (χ3n) is 6.48. The van der Waals surface area contributed by atoms with Gasteiger partial charge in [0, 0.05) is 68.3 Å². The first-order valence-corrected chi connectivity index (χ1v) is 21.4. The van der Waals surface area contributed by atoms with Crippen LogP contribution in [0, 0.1) is 5.77 Å². The Morgan fingerprint density at radius 1 is 0.214 bits per heavy atom. The molecular formula is C32H16I2S8. The molecule has 8 heterocycles. The van der Waals surface area contributed by atoms with Gasteiger partial charge in [0.15, 0.2) is 0 Å². The first-order valence-electron chi connectivity index (χ1n) is 12.7. The number of hydrogen-bond donors (Lipinski definition) is 0. The fourth-order valence-corrected chi connectivity index (χ4v) is 14.4. The highest BCUT2D eigenvalue weighted by atomic mass is 127. The molecule has 0 aromatic carbocycles. The van der Waals surface area contributed by atoms with Gasteiger partial charge in [0.2, 0.25) is 0 Å². The maximum Gasteiger partial charge on any atom is 0.0660 e. The van der Waals surface area contributed by atoms with Crippen molar-refractivity contribution in [3.8, 4) is 68.3 Å². The first kappa shape index (κ1) is 28.5. The highest BCUT2D eigenvalue weighted by Crippen LogP contribution is 2.47. The Kier molecular flexibility index (Phi) is 8.22. The van der Waals surface area contributed by atoms with Crippen molar-refractivity contribution in [2.45, 2.75) is 0 Å². The van der Waals surface area contributed by atoms with Gasteiger partial charge in [-0.25, -0.2) is 0 Å². The van der Waals surface area contributed by atoms with Crippen LogP contribution in [0.4, 0.5) is 0 Å². The normalized spacial score (nSPS) is 11.6. The second-order valence-corrected chi connectivity index (χ2v) is 21.6. The van der Waals surface area contributed by atoms with Gasteiger partial charge in [0.05, 0.1) is 5.77 Å². The highest BCUT2D eigenvalue weighted by Gasteiger charge is 2.15. The number of hydrogen-bond acceptors (Lipinski definition) is 8. The second kappa shape index (κ2) is 12.1. The predicted molar refractivity (Wildman–Crippen MR) is 213 cm³/mol. The van der Waals surface area contributed by atoms with Crippen LogP contribution in [0.25, 0.3) is 68.3 Å². The molecule has 42 heavy (non-hydrogen) atoms. The van der Waals surface area contributed by atoms with Crippen molar-refractivity contribution in [2.24, 2.45) is 0 Å². The highest BCUT2D eigenvalue weighted by molar-refractivity contribution is 14.1. The Labute approximate surface area is 302 Å². The molecule has 0 nitrogen and oxygen atoms in total. The van der Waals surface area contributed by atoms with Crippen LogP contribution in [0.5, 0.6) is 0 Å². The van der Waals surface area contributed by atoms with E-state index < -0.39 is 0 Å². The van der Waals surface area contributed by atoms with Crippen LogP contribution >= 0.6 is 136 Å². The topological polar surface area (TPSA) is 0 Å². The number of halogens is 2. The molecule has 0 saturated heterocycles. The van der Waals surface area contributed by atoms with E-state index >= 15 is 0 Å². The van der Waals surface area contributed by atoms with E-state index in [1.165, 1.54) is 74.0 Å². The van der Waals surface area contributed by atoms with Gasteiger partial charge in [-0.2, -0.15) is 0 Å². The Morgan fingerprint density at radius 3 is 0.500 bits per heavy atom. The summed E-state index contributed by atoms with van der Waals surface area (Å²) in [6.07, 6.45) is 0. The number of rotatable bonds is 7. The van der Waals surface area contributed by atoms with Gasteiger partial charge in [0.25, 0.3) is 0 Å². The van der Waals surface area contributed by atoms with Crippen LogP contribution in [0.3, 0.4) is 0 Å². The molecule has 0 aliphatic heterocycles. The van der Waals surface area contributed by atoms with Crippen LogP contribution in [0.1, 0.15) is 0 Å². The van der Waals surface area contributed by atoms with Crippen LogP contribution in [-0.4, -0.2) is 0 Å². The molecule has 0 unspecified atom stereocenters. The van der Waals surface area contributed by atoms with Crippen LogP contribution in [0.15, 0.2) is 97.1 Å². The summed E-state index contributed by atoms with van der Waals surface area (Å²) in [6, 6.07) is 36.2. The van der Waals surface area contributed by atoms with E-state index in [4.69, 9.17) is 0 Å². The molecule has 0 atom stereocenters. The summed E-state index contributed by atoms with van der Waals surface area (Å²) in [5, 5.41) is 0. The van der Waals surface area contributed by atoms with E-state index in [0.717, 1.165) is 0 Å². The van der Waals surface area contributed by atoms with Gasteiger partial charge in [-0.05, 0) is 142 Å². The smallest absolute Gasteiger partial charge is 0.0660 e. The summed E-state index contributed by atoms with van der Waals surface area (Å²) < 4.78 is 2.67. The molecular weight excluding hydrogens is 895 g/mol. The Morgan fingerprint density at radius 2 is 0.357 bits per heavy atom. The summed E-state index contributed by atoms with van der Waals surface area (Å²) in [5.41, 5.74) is 0. The number of thiophene rings is 8. The zero-order chi connectivity index (χ0) is 28.2. The van der Waals surface area contributed by atoms with Crippen molar-refractivity contribution < 1.29 is 0 Å². The molecule has 8 aromatic heterocycles. The molecule has 8 aromatic rings. The fraction of sp³-hybridized carbons (Fsp3) is 0. The van der Waals surface area contributed by atoms with Crippen molar-refractivity contribution >= 4 is 136 Å². The lowest BCUT2D eigenvalue weighted by molar-refractivity contribution is 1.89. The van der Waals surface area contributed by atoms with E-state index in [-0.39, 0.29) is 0 Å². The van der Waals surface area contributed by atoms with E-state index in [9.17, 15) is 0 Å².